The minimum atomic E-state index is -4.24. The lowest BCUT2D eigenvalue weighted by Gasteiger charge is -2.10. The van der Waals surface area contributed by atoms with Crippen molar-refractivity contribution in [3.05, 3.63) is 0 Å². The molecule has 0 aliphatic rings. The summed E-state index contributed by atoms with van der Waals surface area (Å²) in [6.07, 6.45) is 13.2. The van der Waals surface area contributed by atoms with Gasteiger partial charge in [0.25, 0.3) is 0 Å². The Hall–Kier alpha value is -0.130. The molecule has 0 aromatic rings. The Morgan fingerprint density at radius 1 is 0.900 bits per heavy atom. The van der Waals surface area contributed by atoms with Gasteiger partial charge in [-0.2, -0.15) is 8.42 Å². The van der Waals surface area contributed by atoms with Crippen LogP contribution in [-0.2, 0) is 14.6 Å². The molecule has 5 heteroatoms. The van der Waals surface area contributed by atoms with Gasteiger partial charge in [-0.3, -0.25) is 4.55 Å². The zero-order valence-corrected chi connectivity index (χ0v) is 14.0. The molecule has 0 aliphatic heterocycles. The van der Waals surface area contributed by atoms with Crippen molar-refractivity contribution >= 4 is 10.4 Å². The minimum Gasteiger partial charge on any atom is -0.264 e. The second-order valence-electron chi connectivity index (χ2n) is 5.76. The van der Waals surface area contributed by atoms with Gasteiger partial charge in [0.05, 0.1) is 6.61 Å². The average Bonchev–Trinajstić information content (AvgIpc) is 2.36. The highest BCUT2D eigenvalue weighted by molar-refractivity contribution is 7.80. The minimum absolute atomic E-state index is 0.0906. The zero-order chi connectivity index (χ0) is 15.3. The molecule has 0 bridgehead atoms. The van der Waals surface area contributed by atoms with E-state index in [9.17, 15) is 8.42 Å². The molecule has 0 rings (SSSR count). The third-order valence-electron chi connectivity index (χ3n) is 3.62. The van der Waals surface area contributed by atoms with Gasteiger partial charge < -0.3 is 0 Å². The lowest BCUT2D eigenvalue weighted by Crippen LogP contribution is -2.04. The summed E-state index contributed by atoms with van der Waals surface area (Å²) in [5.74, 6) is 0.852. The van der Waals surface area contributed by atoms with E-state index in [2.05, 4.69) is 18.0 Å². The Kier molecular flexibility index (Phi) is 12.5. The van der Waals surface area contributed by atoms with E-state index in [1.165, 1.54) is 51.4 Å². The van der Waals surface area contributed by atoms with E-state index in [1.807, 2.05) is 0 Å². The van der Waals surface area contributed by atoms with Crippen LogP contribution in [0.1, 0.15) is 84.5 Å². The van der Waals surface area contributed by atoms with Crippen LogP contribution < -0.4 is 0 Å². The zero-order valence-electron chi connectivity index (χ0n) is 13.1. The maximum Gasteiger partial charge on any atom is 0.397 e. The largest absolute Gasteiger partial charge is 0.397 e. The molecule has 0 amide bonds. The van der Waals surface area contributed by atoms with Crippen molar-refractivity contribution in [1.82, 2.24) is 0 Å². The molecule has 0 saturated heterocycles. The molecule has 122 valence electrons. The third kappa shape index (κ3) is 15.9. The fraction of sp³-hybridized carbons (Fsp3) is 1.00. The van der Waals surface area contributed by atoms with Gasteiger partial charge >= 0.3 is 10.4 Å². The van der Waals surface area contributed by atoms with Crippen LogP contribution in [-0.4, -0.2) is 19.6 Å². The first kappa shape index (κ1) is 19.9. The second kappa shape index (κ2) is 12.6. The van der Waals surface area contributed by atoms with Gasteiger partial charge in [0.15, 0.2) is 0 Å². The van der Waals surface area contributed by atoms with Crippen LogP contribution >= 0.6 is 0 Å². The first-order chi connectivity index (χ1) is 9.45. The first-order valence-corrected chi connectivity index (χ1v) is 9.44. The molecule has 0 fully saturated rings. The quantitative estimate of drug-likeness (QED) is 0.371. The topological polar surface area (TPSA) is 63.6 Å². The van der Waals surface area contributed by atoms with Crippen LogP contribution in [0.2, 0.25) is 0 Å². The molecular formula is C15H32O4S. The fourth-order valence-electron chi connectivity index (χ4n) is 2.35. The SMILES string of the molecule is CCCCCC(C)CCCCCCCCOS(=O)(=O)O. The first-order valence-electron chi connectivity index (χ1n) is 8.07. The lowest BCUT2D eigenvalue weighted by atomic mass is 9.96. The van der Waals surface area contributed by atoms with E-state index in [0.29, 0.717) is 6.42 Å². The van der Waals surface area contributed by atoms with Gasteiger partial charge in [-0.25, -0.2) is 4.18 Å². The summed E-state index contributed by atoms with van der Waals surface area (Å²) >= 11 is 0. The molecule has 1 N–H and O–H groups in total. The van der Waals surface area contributed by atoms with Crippen LogP contribution in [0.15, 0.2) is 0 Å². The third-order valence-corrected chi connectivity index (χ3v) is 4.09. The smallest absolute Gasteiger partial charge is 0.264 e. The highest BCUT2D eigenvalue weighted by Gasteiger charge is 2.03. The summed E-state index contributed by atoms with van der Waals surface area (Å²) < 4.78 is 33.2. The molecule has 20 heavy (non-hydrogen) atoms. The summed E-state index contributed by atoms with van der Waals surface area (Å²) in [6, 6.07) is 0. The van der Waals surface area contributed by atoms with E-state index in [0.717, 1.165) is 18.8 Å². The predicted molar refractivity (Wildman–Crippen MR) is 83.1 cm³/mol. The molecular weight excluding hydrogens is 276 g/mol. The number of rotatable bonds is 14. The van der Waals surface area contributed by atoms with E-state index in [4.69, 9.17) is 4.55 Å². The van der Waals surface area contributed by atoms with Crippen LogP contribution in [0.4, 0.5) is 0 Å². The van der Waals surface area contributed by atoms with Gasteiger partial charge in [-0.1, -0.05) is 78.1 Å². The van der Waals surface area contributed by atoms with Crippen molar-refractivity contribution in [2.75, 3.05) is 6.61 Å². The normalized spacial score (nSPS) is 13.6. The van der Waals surface area contributed by atoms with Crippen molar-refractivity contribution in [1.29, 1.82) is 0 Å². The predicted octanol–water partition coefficient (Wildman–Crippen LogP) is 4.75. The Balaban J connectivity index is 3.20. The maximum absolute atomic E-state index is 10.3. The monoisotopic (exact) mass is 308 g/mol. The average molecular weight is 308 g/mol. The molecule has 1 unspecified atom stereocenters. The number of hydrogen-bond acceptors (Lipinski definition) is 3. The summed E-state index contributed by atoms with van der Waals surface area (Å²) in [6.45, 7) is 4.68. The van der Waals surface area contributed by atoms with Gasteiger partial charge in [0, 0.05) is 0 Å². The Morgan fingerprint density at radius 2 is 1.40 bits per heavy atom. The van der Waals surface area contributed by atoms with Gasteiger partial charge in [0.1, 0.15) is 0 Å². The van der Waals surface area contributed by atoms with Crippen LogP contribution in [0, 0.1) is 5.92 Å². The van der Waals surface area contributed by atoms with Crippen molar-refractivity contribution < 1.29 is 17.2 Å². The van der Waals surface area contributed by atoms with Crippen LogP contribution in [0.5, 0.6) is 0 Å². The van der Waals surface area contributed by atoms with Crippen LogP contribution in [0.3, 0.4) is 0 Å². The summed E-state index contributed by atoms with van der Waals surface area (Å²) in [7, 11) is -4.24. The molecule has 4 nitrogen and oxygen atoms in total. The van der Waals surface area contributed by atoms with E-state index in [1.54, 1.807) is 0 Å². The Labute approximate surface area is 125 Å². The Morgan fingerprint density at radius 3 is 1.95 bits per heavy atom. The van der Waals surface area contributed by atoms with Crippen molar-refractivity contribution in [2.45, 2.75) is 84.5 Å². The molecule has 0 spiro atoms. The highest BCUT2D eigenvalue weighted by Crippen LogP contribution is 2.17. The van der Waals surface area contributed by atoms with Crippen molar-refractivity contribution in [3.63, 3.8) is 0 Å². The molecule has 0 aliphatic carbocycles. The molecule has 1 atom stereocenters. The maximum atomic E-state index is 10.3. The molecule has 0 heterocycles. The van der Waals surface area contributed by atoms with Crippen LogP contribution in [0.25, 0.3) is 0 Å². The van der Waals surface area contributed by atoms with Gasteiger partial charge in [-0.05, 0) is 12.3 Å². The van der Waals surface area contributed by atoms with E-state index >= 15 is 0 Å². The van der Waals surface area contributed by atoms with E-state index < -0.39 is 10.4 Å². The number of unbranched alkanes of at least 4 members (excludes halogenated alkanes) is 7. The summed E-state index contributed by atoms with van der Waals surface area (Å²) in [4.78, 5) is 0. The lowest BCUT2D eigenvalue weighted by molar-refractivity contribution is 0.261. The summed E-state index contributed by atoms with van der Waals surface area (Å²) in [5.41, 5.74) is 0. The van der Waals surface area contributed by atoms with Crippen molar-refractivity contribution in [2.24, 2.45) is 5.92 Å². The van der Waals surface area contributed by atoms with Gasteiger partial charge in [0.2, 0.25) is 0 Å². The highest BCUT2D eigenvalue weighted by atomic mass is 32.3. The second-order valence-corrected chi connectivity index (χ2v) is 6.85. The molecule has 0 aromatic carbocycles. The van der Waals surface area contributed by atoms with Gasteiger partial charge in [-0.15, -0.1) is 0 Å². The molecule has 0 saturated carbocycles. The standard InChI is InChI=1S/C15H32O4S/c1-3-4-9-12-15(2)13-10-7-5-6-8-11-14-19-20(16,17)18/h15H,3-14H2,1-2H3,(H,16,17,18). The van der Waals surface area contributed by atoms with Crippen molar-refractivity contribution in [3.8, 4) is 0 Å². The fourth-order valence-corrected chi connectivity index (χ4v) is 2.68. The molecule has 0 radical (unpaired) electrons. The number of hydrogen-bond donors (Lipinski definition) is 1. The van der Waals surface area contributed by atoms with E-state index in [-0.39, 0.29) is 6.61 Å². The molecule has 0 aromatic heterocycles. The summed E-state index contributed by atoms with van der Waals surface area (Å²) in [5, 5.41) is 0. The Bertz CT molecular complexity index is 301.